The van der Waals surface area contributed by atoms with E-state index in [4.69, 9.17) is 4.74 Å². The maximum Gasteiger partial charge on any atom is 0.0696 e. The number of nitrogens with one attached hydrogen (secondary N) is 1. The number of ether oxygens (including phenoxy) is 1. The average Bonchev–Trinajstić information content (AvgIpc) is 2.35. The van der Waals surface area contributed by atoms with E-state index in [1.807, 2.05) is 13.8 Å². The Morgan fingerprint density at radius 2 is 2.18 bits per heavy atom. The summed E-state index contributed by atoms with van der Waals surface area (Å²) in [4.78, 5) is 0. The Labute approximate surface area is 70.3 Å². The smallest absolute Gasteiger partial charge is 0.0696 e. The summed E-state index contributed by atoms with van der Waals surface area (Å²) < 4.78 is 5.49. The van der Waals surface area contributed by atoms with Crippen molar-refractivity contribution in [2.75, 3.05) is 19.7 Å². The van der Waals surface area contributed by atoms with Crippen LogP contribution in [0.5, 0.6) is 0 Å². The van der Waals surface area contributed by atoms with Gasteiger partial charge in [0.15, 0.2) is 0 Å². The minimum absolute atomic E-state index is 0.465. The molecule has 2 nitrogen and oxygen atoms in total. The van der Waals surface area contributed by atoms with E-state index < -0.39 is 0 Å². The fourth-order valence-corrected chi connectivity index (χ4v) is 1.03. The molecule has 0 bridgehead atoms. The first-order chi connectivity index (χ1) is 5.43. The summed E-state index contributed by atoms with van der Waals surface area (Å²) in [6.07, 6.45) is 2.76. The quantitative estimate of drug-likeness (QED) is 0.630. The van der Waals surface area contributed by atoms with Crippen LogP contribution in [0, 0.1) is 0 Å². The van der Waals surface area contributed by atoms with Crippen molar-refractivity contribution in [2.45, 2.75) is 39.7 Å². The van der Waals surface area contributed by atoms with Crippen molar-refractivity contribution in [2.24, 2.45) is 0 Å². The lowest BCUT2D eigenvalue weighted by molar-refractivity contribution is 0.0647. The van der Waals surface area contributed by atoms with E-state index in [-0.39, 0.29) is 0 Å². The van der Waals surface area contributed by atoms with Gasteiger partial charge in [0, 0.05) is 13.2 Å². The van der Waals surface area contributed by atoms with Gasteiger partial charge in [0.25, 0.3) is 0 Å². The molecule has 1 rings (SSSR count). The molecule has 1 saturated heterocycles. The van der Waals surface area contributed by atoms with E-state index >= 15 is 0 Å². The molecule has 0 aliphatic carbocycles. The van der Waals surface area contributed by atoms with Gasteiger partial charge in [0.2, 0.25) is 0 Å². The summed E-state index contributed by atoms with van der Waals surface area (Å²) in [5, 5.41) is 3.32. The fourth-order valence-electron chi connectivity index (χ4n) is 1.03. The van der Waals surface area contributed by atoms with E-state index in [2.05, 4.69) is 12.2 Å². The highest BCUT2D eigenvalue weighted by atomic mass is 16.5. The molecule has 0 aromatic rings. The maximum absolute atomic E-state index is 5.49. The lowest BCUT2D eigenvalue weighted by Gasteiger charge is -2.10. The first kappa shape index (κ1) is 10.9. The van der Waals surface area contributed by atoms with E-state index in [0.717, 1.165) is 32.5 Å². The highest BCUT2D eigenvalue weighted by Crippen LogP contribution is 2.00. The van der Waals surface area contributed by atoms with Crippen LogP contribution in [0.4, 0.5) is 0 Å². The molecule has 11 heavy (non-hydrogen) atoms. The summed E-state index contributed by atoms with van der Waals surface area (Å²) in [6, 6.07) is 0. The van der Waals surface area contributed by atoms with E-state index in [9.17, 15) is 0 Å². The Balaban J connectivity index is 0.000000461. The second kappa shape index (κ2) is 8.02. The summed E-state index contributed by atoms with van der Waals surface area (Å²) in [5.74, 6) is 0. The van der Waals surface area contributed by atoms with Gasteiger partial charge in [-0.3, -0.25) is 0 Å². The molecule has 0 saturated carbocycles. The first-order valence-electron chi connectivity index (χ1n) is 4.76. The van der Waals surface area contributed by atoms with Gasteiger partial charge in [-0.1, -0.05) is 20.8 Å². The SMILES string of the molecule is CC.CCC1CNCCCO1. The number of hydrogen-bond acceptors (Lipinski definition) is 2. The lowest BCUT2D eigenvalue weighted by Crippen LogP contribution is -2.25. The van der Waals surface area contributed by atoms with Crippen LogP contribution in [-0.2, 0) is 4.74 Å². The van der Waals surface area contributed by atoms with Crippen LogP contribution in [0.3, 0.4) is 0 Å². The van der Waals surface area contributed by atoms with Gasteiger partial charge in [-0.05, 0) is 19.4 Å². The van der Waals surface area contributed by atoms with Gasteiger partial charge in [0.1, 0.15) is 0 Å². The van der Waals surface area contributed by atoms with Crippen molar-refractivity contribution >= 4 is 0 Å². The van der Waals surface area contributed by atoms with Crippen LogP contribution >= 0.6 is 0 Å². The maximum atomic E-state index is 5.49. The van der Waals surface area contributed by atoms with Gasteiger partial charge >= 0.3 is 0 Å². The minimum Gasteiger partial charge on any atom is -0.377 e. The van der Waals surface area contributed by atoms with Gasteiger partial charge in [-0.15, -0.1) is 0 Å². The van der Waals surface area contributed by atoms with Crippen molar-refractivity contribution in [3.63, 3.8) is 0 Å². The molecular weight excluding hydrogens is 138 g/mol. The van der Waals surface area contributed by atoms with Crippen LogP contribution in [0.25, 0.3) is 0 Å². The molecular formula is C9H21NO. The summed E-state index contributed by atoms with van der Waals surface area (Å²) in [7, 11) is 0. The van der Waals surface area contributed by atoms with Crippen LogP contribution in [0.15, 0.2) is 0 Å². The van der Waals surface area contributed by atoms with Gasteiger partial charge in [0.05, 0.1) is 6.10 Å². The zero-order valence-corrected chi connectivity index (χ0v) is 8.02. The summed E-state index contributed by atoms with van der Waals surface area (Å²) >= 11 is 0. The third-order valence-corrected chi connectivity index (χ3v) is 1.68. The zero-order valence-electron chi connectivity index (χ0n) is 8.02. The average molecular weight is 159 g/mol. The topological polar surface area (TPSA) is 21.3 Å². The highest BCUT2D eigenvalue weighted by molar-refractivity contribution is 4.62. The second-order valence-electron chi connectivity index (χ2n) is 2.46. The first-order valence-corrected chi connectivity index (χ1v) is 4.76. The molecule has 1 aliphatic heterocycles. The Morgan fingerprint density at radius 1 is 1.45 bits per heavy atom. The highest BCUT2D eigenvalue weighted by Gasteiger charge is 2.07. The van der Waals surface area contributed by atoms with Crippen molar-refractivity contribution in [1.82, 2.24) is 5.32 Å². The van der Waals surface area contributed by atoms with Crippen LogP contribution in [0.1, 0.15) is 33.6 Å². The van der Waals surface area contributed by atoms with Crippen LogP contribution in [-0.4, -0.2) is 25.8 Å². The molecule has 1 aliphatic rings. The van der Waals surface area contributed by atoms with Crippen molar-refractivity contribution < 1.29 is 4.74 Å². The summed E-state index contributed by atoms with van der Waals surface area (Å²) in [5.41, 5.74) is 0. The predicted octanol–water partition coefficient (Wildman–Crippen LogP) is 1.80. The van der Waals surface area contributed by atoms with Crippen molar-refractivity contribution in [3.8, 4) is 0 Å². The summed E-state index contributed by atoms with van der Waals surface area (Å²) in [6.45, 7) is 9.26. The van der Waals surface area contributed by atoms with Gasteiger partial charge in [-0.2, -0.15) is 0 Å². The number of hydrogen-bond donors (Lipinski definition) is 1. The molecule has 1 unspecified atom stereocenters. The Kier molecular flexibility index (Phi) is 7.96. The minimum atomic E-state index is 0.465. The van der Waals surface area contributed by atoms with Gasteiger partial charge in [-0.25, -0.2) is 0 Å². The van der Waals surface area contributed by atoms with E-state index in [1.54, 1.807) is 0 Å². The molecule has 0 amide bonds. The van der Waals surface area contributed by atoms with Crippen molar-refractivity contribution in [1.29, 1.82) is 0 Å². The van der Waals surface area contributed by atoms with E-state index in [0.29, 0.717) is 6.10 Å². The Hall–Kier alpha value is -0.0800. The fraction of sp³-hybridized carbons (Fsp3) is 1.00. The predicted molar refractivity (Wildman–Crippen MR) is 48.9 cm³/mol. The molecule has 68 valence electrons. The Morgan fingerprint density at radius 3 is 2.82 bits per heavy atom. The largest absolute Gasteiger partial charge is 0.377 e. The molecule has 1 heterocycles. The third kappa shape index (κ3) is 5.22. The Bertz CT molecular complexity index is 68.0. The number of rotatable bonds is 1. The van der Waals surface area contributed by atoms with Gasteiger partial charge < -0.3 is 10.1 Å². The lowest BCUT2D eigenvalue weighted by atomic mass is 10.3. The monoisotopic (exact) mass is 159 g/mol. The van der Waals surface area contributed by atoms with E-state index in [1.165, 1.54) is 0 Å². The third-order valence-electron chi connectivity index (χ3n) is 1.68. The standard InChI is InChI=1S/C7H15NO.C2H6/c1-2-7-6-8-4-3-5-9-7;1-2/h7-8H,2-6H2,1H3;1-2H3. The van der Waals surface area contributed by atoms with Crippen LogP contribution < -0.4 is 5.32 Å². The molecule has 0 aromatic heterocycles. The molecule has 0 radical (unpaired) electrons. The molecule has 0 aromatic carbocycles. The molecule has 1 fully saturated rings. The molecule has 1 N–H and O–H groups in total. The van der Waals surface area contributed by atoms with Crippen LogP contribution in [0.2, 0.25) is 0 Å². The zero-order chi connectivity index (χ0) is 8.53. The molecule has 0 spiro atoms. The molecule has 2 heteroatoms. The second-order valence-corrected chi connectivity index (χ2v) is 2.46. The molecule has 1 atom stereocenters. The van der Waals surface area contributed by atoms with Crippen molar-refractivity contribution in [3.05, 3.63) is 0 Å². The normalized spacial score (nSPS) is 24.8.